The summed E-state index contributed by atoms with van der Waals surface area (Å²) in [6.45, 7) is 6.37. The van der Waals surface area contributed by atoms with Gasteiger partial charge in [-0.3, -0.25) is 0 Å². The number of hydrogen-bond acceptors (Lipinski definition) is 1. The first kappa shape index (κ1) is 12.6. The second-order valence-corrected chi connectivity index (χ2v) is 10.3. The monoisotopic (exact) mass is 360 g/mol. The fourth-order valence-electron chi connectivity index (χ4n) is 0.937. The van der Waals surface area contributed by atoms with E-state index in [1.54, 1.807) is 6.07 Å². The van der Waals surface area contributed by atoms with Crippen LogP contribution < -0.4 is 4.43 Å². The molecular weight excluding hydrogens is 350 g/mol. The van der Waals surface area contributed by atoms with Crippen LogP contribution in [0.4, 0.5) is 0 Å². The summed E-state index contributed by atoms with van der Waals surface area (Å²) in [5.74, 6) is 0.794. The normalized spacial score (nSPS) is 11.6. The van der Waals surface area contributed by atoms with Crippen LogP contribution in [0.5, 0.6) is 5.75 Å². The van der Waals surface area contributed by atoms with E-state index in [4.69, 9.17) is 27.6 Å². The minimum atomic E-state index is -1.60. The molecule has 0 bridgehead atoms. The molecule has 0 saturated carbocycles. The summed E-state index contributed by atoms with van der Waals surface area (Å²) in [5.41, 5.74) is 0. The van der Waals surface area contributed by atoms with Crippen molar-refractivity contribution in [3.63, 3.8) is 0 Å². The quantitative estimate of drug-likeness (QED) is 0.417. The van der Waals surface area contributed by atoms with Crippen LogP contribution in [0, 0.1) is 3.57 Å². The summed E-state index contributed by atoms with van der Waals surface area (Å²) >= 11 is 14.1. The van der Waals surface area contributed by atoms with Crippen LogP contribution in [-0.2, 0) is 0 Å². The maximum Gasteiger partial charge on any atom is 0.242 e. The number of halogens is 3. The summed E-state index contributed by atoms with van der Waals surface area (Å²) in [4.78, 5) is 0. The van der Waals surface area contributed by atoms with E-state index < -0.39 is 8.32 Å². The lowest BCUT2D eigenvalue weighted by molar-refractivity contribution is 0.554. The highest BCUT2D eigenvalue weighted by molar-refractivity contribution is 14.1. The molecule has 0 unspecified atom stereocenters. The minimum Gasteiger partial charge on any atom is -0.544 e. The molecule has 1 rings (SSSR count). The molecule has 78 valence electrons. The highest BCUT2D eigenvalue weighted by Crippen LogP contribution is 2.33. The van der Waals surface area contributed by atoms with Gasteiger partial charge in [0.05, 0.1) is 8.59 Å². The van der Waals surface area contributed by atoms with Gasteiger partial charge in [-0.05, 0) is 54.4 Å². The van der Waals surface area contributed by atoms with E-state index in [-0.39, 0.29) is 0 Å². The van der Waals surface area contributed by atoms with Gasteiger partial charge >= 0.3 is 0 Å². The van der Waals surface area contributed by atoms with Crippen LogP contribution in [-0.4, -0.2) is 8.32 Å². The van der Waals surface area contributed by atoms with E-state index in [1.807, 2.05) is 6.07 Å². The lowest BCUT2D eigenvalue weighted by Crippen LogP contribution is -2.29. The second kappa shape index (κ2) is 4.59. The first-order valence-corrected chi connectivity index (χ1v) is 9.37. The zero-order valence-electron chi connectivity index (χ0n) is 8.20. The smallest absolute Gasteiger partial charge is 0.242 e. The third kappa shape index (κ3) is 3.60. The van der Waals surface area contributed by atoms with Crippen molar-refractivity contribution in [2.45, 2.75) is 19.6 Å². The van der Waals surface area contributed by atoms with E-state index in [1.165, 1.54) is 0 Å². The van der Waals surface area contributed by atoms with E-state index in [9.17, 15) is 0 Å². The molecule has 0 heterocycles. The Morgan fingerprint density at radius 2 is 1.79 bits per heavy atom. The van der Waals surface area contributed by atoms with E-state index in [0.29, 0.717) is 10.0 Å². The Labute approximate surface area is 109 Å². The van der Waals surface area contributed by atoms with Gasteiger partial charge in [0.25, 0.3) is 0 Å². The van der Waals surface area contributed by atoms with Gasteiger partial charge in [0, 0.05) is 5.02 Å². The Morgan fingerprint density at radius 1 is 1.21 bits per heavy atom. The zero-order valence-corrected chi connectivity index (χ0v) is 12.9. The zero-order chi connectivity index (χ0) is 10.9. The standard InChI is InChI=1S/C9H11Cl2IOSi/c1-14(2,3)13-8-5-6(10)4-7(11)9(8)12/h4-5H,1-3H3. The summed E-state index contributed by atoms with van der Waals surface area (Å²) in [5, 5.41) is 1.26. The molecule has 0 radical (unpaired) electrons. The van der Waals surface area contributed by atoms with Crippen molar-refractivity contribution in [3.8, 4) is 5.75 Å². The van der Waals surface area contributed by atoms with Gasteiger partial charge in [-0.25, -0.2) is 0 Å². The van der Waals surface area contributed by atoms with Gasteiger partial charge < -0.3 is 4.43 Å². The van der Waals surface area contributed by atoms with Gasteiger partial charge in [-0.15, -0.1) is 0 Å². The van der Waals surface area contributed by atoms with E-state index in [2.05, 4.69) is 42.2 Å². The highest BCUT2D eigenvalue weighted by Gasteiger charge is 2.19. The van der Waals surface area contributed by atoms with Gasteiger partial charge in [0.15, 0.2) is 0 Å². The van der Waals surface area contributed by atoms with Crippen molar-refractivity contribution < 1.29 is 4.43 Å². The van der Waals surface area contributed by atoms with Crippen molar-refractivity contribution in [3.05, 3.63) is 25.7 Å². The van der Waals surface area contributed by atoms with E-state index >= 15 is 0 Å². The fourth-order valence-corrected chi connectivity index (χ4v) is 2.86. The summed E-state index contributed by atoms with van der Waals surface area (Å²) in [7, 11) is -1.60. The molecule has 0 spiro atoms. The molecule has 1 aromatic carbocycles. The third-order valence-corrected chi connectivity index (χ3v) is 4.16. The SMILES string of the molecule is C[Si](C)(C)Oc1cc(Cl)cc(Cl)c1I. The third-order valence-electron chi connectivity index (χ3n) is 1.38. The molecule has 5 heteroatoms. The lowest BCUT2D eigenvalue weighted by atomic mass is 10.3. The van der Waals surface area contributed by atoms with Crippen LogP contribution in [0.15, 0.2) is 12.1 Å². The van der Waals surface area contributed by atoms with Crippen LogP contribution in [0.3, 0.4) is 0 Å². The topological polar surface area (TPSA) is 9.23 Å². The Balaban J connectivity index is 3.09. The maximum absolute atomic E-state index is 5.99. The molecule has 0 fully saturated rings. The van der Waals surface area contributed by atoms with Crippen molar-refractivity contribution >= 4 is 54.1 Å². The average molecular weight is 361 g/mol. The van der Waals surface area contributed by atoms with Gasteiger partial charge in [0.1, 0.15) is 5.75 Å². The molecular formula is C9H11Cl2IOSi. The van der Waals surface area contributed by atoms with Crippen LogP contribution >= 0.6 is 45.8 Å². The maximum atomic E-state index is 5.99. The minimum absolute atomic E-state index is 0.615. The molecule has 0 saturated heterocycles. The van der Waals surface area contributed by atoms with Crippen LogP contribution in [0.25, 0.3) is 0 Å². The lowest BCUT2D eigenvalue weighted by Gasteiger charge is -2.20. The average Bonchev–Trinajstić information content (AvgIpc) is 1.96. The molecule has 1 aromatic rings. The Hall–Kier alpha value is 0.547. The molecule has 0 aromatic heterocycles. The predicted octanol–water partition coefficient (Wildman–Crippen LogP) is 4.81. The van der Waals surface area contributed by atoms with Gasteiger partial charge in [-0.2, -0.15) is 0 Å². The summed E-state index contributed by atoms with van der Waals surface area (Å²) in [6, 6.07) is 3.54. The predicted molar refractivity (Wildman–Crippen MR) is 73.2 cm³/mol. The van der Waals surface area contributed by atoms with Crippen molar-refractivity contribution in [1.29, 1.82) is 0 Å². The molecule has 0 atom stereocenters. The van der Waals surface area contributed by atoms with Crippen molar-refractivity contribution in [2.75, 3.05) is 0 Å². The highest BCUT2D eigenvalue weighted by atomic mass is 127. The fraction of sp³-hybridized carbons (Fsp3) is 0.333. The molecule has 0 N–H and O–H groups in total. The number of hydrogen-bond donors (Lipinski definition) is 0. The largest absolute Gasteiger partial charge is 0.544 e. The first-order chi connectivity index (χ1) is 6.29. The summed E-state index contributed by atoms with van der Waals surface area (Å²) in [6.07, 6.45) is 0. The van der Waals surface area contributed by atoms with Gasteiger partial charge in [-0.1, -0.05) is 23.2 Å². The first-order valence-electron chi connectivity index (χ1n) is 4.13. The summed E-state index contributed by atoms with van der Waals surface area (Å²) < 4.78 is 6.78. The van der Waals surface area contributed by atoms with Crippen LogP contribution in [0.1, 0.15) is 0 Å². The molecule has 0 amide bonds. The van der Waals surface area contributed by atoms with Gasteiger partial charge in [0.2, 0.25) is 8.32 Å². The molecule has 1 nitrogen and oxygen atoms in total. The molecule has 0 aliphatic rings. The molecule has 0 aliphatic heterocycles. The van der Waals surface area contributed by atoms with Crippen molar-refractivity contribution in [1.82, 2.24) is 0 Å². The molecule has 0 aliphatic carbocycles. The number of benzene rings is 1. The number of rotatable bonds is 2. The second-order valence-electron chi connectivity index (χ2n) is 3.91. The molecule has 14 heavy (non-hydrogen) atoms. The Bertz CT molecular complexity index is 349. The Morgan fingerprint density at radius 3 is 2.29 bits per heavy atom. The Kier molecular flexibility index (Phi) is 4.14. The van der Waals surface area contributed by atoms with E-state index in [0.717, 1.165) is 9.32 Å². The van der Waals surface area contributed by atoms with Crippen LogP contribution in [0.2, 0.25) is 29.7 Å². The van der Waals surface area contributed by atoms with Crippen molar-refractivity contribution in [2.24, 2.45) is 0 Å².